The SMILES string of the molecule is Cc1cccc(C)c1-c1ccnc(-n2c3[c-]c(N(c4[c-]c(N5CN(C(C)(C)C)c6ccccc65)ccc4)c4c(C)cccc4C)ccc3c3ccccc32)c1.[Pt+2]. The van der Waals surface area contributed by atoms with Crippen molar-refractivity contribution >= 4 is 55.9 Å². The molecule has 1 aliphatic heterocycles. The first-order valence-corrected chi connectivity index (χ1v) is 19.1. The Labute approximate surface area is 345 Å². The number of hydrogen-bond acceptors (Lipinski definition) is 4. The molecule has 0 radical (unpaired) electrons. The van der Waals surface area contributed by atoms with E-state index in [1.165, 1.54) is 44.6 Å². The maximum absolute atomic E-state index is 5.00. The van der Waals surface area contributed by atoms with Gasteiger partial charge in [-0.25, -0.2) is 4.98 Å². The number of pyridine rings is 1. The number of aromatic nitrogens is 2. The molecule has 0 unspecified atom stereocenters. The van der Waals surface area contributed by atoms with Crippen LogP contribution in [0, 0.1) is 39.8 Å². The van der Waals surface area contributed by atoms with E-state index in [1.54, 1.807) is 0 Å². The molecule has 0 atom stereocenters. The van der Waals surface area contributed by atoms with Gasteiger partial charge in [-0.15, -0.1) is 35.7 Å². The minimum Gasteiger partial charge on any atom is -0.358 e. The maximum Gasteiger partial charge on any atom is 2.00 e. The molecule has 0 amide bonds. The summed E-state index contributed by atoms with van der Waals surface area (Å²) < 4.78 is 2.27. The van der Waals surface area contributed by atoms with Gasteiger partial charge in [0.1, 0.15) is 5.82 Å². The quantitative estimate of drug-likeness (QED) is 0.155. The van der Waals surface area contributed by atoms with Crippen LogP contribution in [-0.4, -0.2) is 21.8 Å². The number of fused-ring (bicyclic) bond motifs is 4. The number of anilines is 6. The van der Waals surface area contributed by atoms with Gasteiger partial charge in [-0.2, -0.15) is 12.1 Å². The Morgan fingerprint density at radius 1 is 0.625 bits per heavy atom. The van der Waals surface area contributed by atoms with Gasteiger partial charge in [-0.3, -0.25) is 0 Å². The third kappa shape index (κ3) is 6.29. The summed E-state index contributed by atoms with van der Waals surface area (Å²) in [5.41, 5.74) is 15.8. The smallest absolute Gasteiger partial charge is 0.358 e. The van der Waals surface area contributed by atoms with Gasteiger partial charge in [0.05, 0.1) is 18.0 Å². The van der Waals surface area contributed by atoms with Crippen molar-refractivity contribution in [3.05, 3.63) is 168 Å². The van der Waals surface area contributed by atoms with Crippen LogP contribution in [0.3, 0.4) is 0 Å². The molecule has 8 aromatic rings. The Kier molecular flexibility index (Phi) is 9.63. The topological polar surface area (TPSA) is 27.5 Å². The van der Waals surface area contributed by atoms with E-state index < -0.39 is 0 Å². The summed E-state index contributed by atoms with van der Waals surface area (Å²) in [5, 5.41) is 2.30. The molecule has 6 heteroatoms. The zero-order chi connectivity index (χ0) is 38.0. The van der Waals surface area contributed by atoms with Crippen molar-refractivity contribution in [1.82, 2.24) is 9.55 Å². The number of rotatable bonds is 6. The fourth-order valence-corrected chi connectivity index (χ4v) is 8.47. The summed E-state index contributed by atoms with van der Waals surface area (Å²) in [7, 11) is 0. The van der Waals surface area contributed by atoms with Crippen molar-refractivity contribution < 1.29 is 21.1 Å². The normalized spacial score (nSPS) is 12.6. The van der Waals surface area contributed by atoms with Crippen molar-refractivity contribution in [3.63, 3.8) is 0 Å². The van der Waals surface area contributed by atoms with Crippen LogP contribution in [0.5, 0.6) is 0 Å². The molecule has 0 fully saturated rings. The summed E-state index contributed by atoms with van der Waals surface area (Å²) in [4.78, 5) is 12.2. The van der Waals surface area contributed by atoms with Gasteiger partial charge in [0, 0.05) is 22.9 Å². The summed E-state index contributed by atoms with van der Waals surface area (Å²) in [6, 6.07) is 53.4. The molecule has 0 aliphatic carbocycles. The Morgan fingerprint density at radius 3 is 2.00 bits per heavy atom. The van der Waals surface area contributed by atoms with Crippen LogP contribution in [0.25, 0.3) is 38.8 Å². The van der Waals surface area contributed by atoms with Gasteiger partial charge in [0.15, 0.2) is 0 Å². The van der Waals surface area contributed by atoms with Crippen molar-refractivity contribution in [2.75, 3.05) is 21.4 Å². The second-order valence-corrected chi connectivity index (χ2v) is 15.8. The Hall–Kier alpha value is -5.64. The predicted molar refractivity (Wildman–Crippen MR) is 231 cm³/mol. The van der Waals surface area contributed by atoms with Crippen molar-refractivity contribution in [2.24, 2.45) is 0 Å². The molecular weight excluding hydrogens is 866 g/mol. The number of hydrogen-bond donors (Lipinski definition) is 0. The van der Waals surface area contributed by atoms with Crippen LogP contribution in [-0.2, 0) is 21.1 Å². The Morgan fingerprint density at radius 2 is 1.27 bits per heavy atom. The maximum atomic E-state index is 5.00. The van der Waals surface area contributed by atoms with Crippen LogP contribution < -0.4 is 14.7 Å². The molecular formula is C50H45N5Pt. The van der Waals surface area contributed by atoms with Crippen LogP contribution in [0.15, 0.2) is 134 Å². The van der Waals surface area contributed by atoms with E-state index in [-0.39, 0.29) is 26.6 Å². The van der Waals surface area contributed by atoms with Crippen molar-refractivity contribution in [3.8, 4) is 16.9 Å². The average molecular weight is 911 g/mol. The molecule has 9 rings (SSSR count). The minimum absolute atomic E-state index is 0. The zero-order valence-electron chi connectivity index (χ0n) is 33.0. The first kappa shape index (κ1) is 37.3. The molecule has 56 heavy (non-hydrogen) atoms. The standard InChI is InChI=1S/C50H45N5.Pt/c1-33-15-12-16-34(2)48(33)37-27-28-51-47(29-37)55-43-22-9-8-21-41(43)42-26-25-40(31-46(42)55)54(49-35(3)17-13-18-36(49)4)39-20-14-19-38(30-39)52-32-53(50(5,6)7)45-24-11-10-23-44(45)52;/h8-29H,32H2,1-7H3;/q-2;+2. The number of nitrogens with zero attached hydrogens (tertiary/aromatic N) is 5. The van der Waals surface area contributed by atoms with E-state index >= 15 is 0 Å². The van der Waals surface area contributed by atoms with Gasteiger partial charge in [0.2, 0.25) is 0 Å². The Bertz CT molecular complexity index is 2720. The van der Waals surface area contributed by atoms with E-state index in [9.17, 15) is 0 Å². The summed E-state index contributed by atoms with van der Waals surface area (Å²) in [6.07, 6.45) is 1.93. The number of para-hydroxylation sites is 4. The van der Waals surface area contributed by atoms with Crippen LogP contribution in [0.2, 0.25) is 0 Å². The average Bonchev–Trinajstić information content (AvgIpc) is 3.73. The molecule has 0 spiro atoms. The zero-order valence-corrected chi connectivity index (χ0v) is 35.2. The number of benzene rings is 6. The molecule has 2 aromatic heterocycles. The predicted octanol–water partition coefficient (Wildman–Crippen LogP) is 12.9. The van der Waals surface area contributed by atoms with Gasteiger partial charge in [-0.05, 0) is 118 Å². The fraction of sp³-hybridized carbons (Fsp3) is 0.180. The van der Waals surface area contributed by atoms with Crippen LogP contribution in [0.1, 0.15) is 43.0 Å². The first-order chi connectivity index (χ1) is 26.6. The fourth-order valence-electron chi connectivity index (χ4n) is 8.47. The van der Waals surface area contributed by atoms with E-state index in [1.807, 2.05) is 6.20 Å². The van der Waals surface area contributed by atoms with Crippen LogP contribution in [0.4, 0.5) is 34.1 Å². The largest absolute Gasteiger partial charge is 2.00 e. The molecule has 0 saturated heterocycles. The van der Waals surface area contributed by atoms with E-state index in [0.717, 1.165) is 57.2 Å². The third-order valence-corrected chi connectivity index (χ3v) is 11.1. The van der Waals surface area contributed by atoms with Crippen molar-refractivity contribution in [2.45, 2.75) is 54.0 Å². The first-order valence-electron chi connectivity index (χ1n) is 19.1. The van der Waals surface area contributed by atoms with Gasteiger partial charge in [0.25, 0.3) is 0 Å². The second-order valence-electron chi connectivity index (χ2n) is 15.8. The molecule has 280 valence electrons. The summed E-state index contributed by atoms with van der Waals surface area (Å²) >= 11 is 0. The molecule has 6 aromatic carbocycles. The monoisotopic (exact) mass is 910 g/mol. The molecule has 0 bridgehead atoms. The van der Waals surface area contributed by atoms with Crippen molar-refractivity contribution in [1.29, 1.82) is 0 Å². The summed E-state index contributed by atoms with van der Waals surface area (Å²) in [5.74, 6) is 0.864. The van der Waals surface area contributed by atoms with Gasteiger partial charge in [-0.1, -0.05) is 89.3 Å². The second kappa shape index (κ2) is 14.5. The third-order valence-electron chi connectivity index (χ3n) is 11.1. The number of aryl methyl sites for hydroxylation is 4. The minimum atomic E-state index is -0.0390. The molecule has 3 heterocycles. The van der Waals surface area contributed by atoms with Gasteiger partial charge >= 0.3 is 21.1 Å². The summed E-state index contributed by atoms with van der Waals surface area (Å²) in [6.45, 7) is 16.3. The van der Waals surface area contributed by atoms with E-state index in [4.69, 9.17) is 4.98 Å². The Balaban J connectivity index is 0.00000441. The molecule has 5 nitrogen and oxygen atoms in total. The van der Waals surface area contributed by atoms with Gasteiger partial charge < -0.3 is 19.3 Å². The molecule has 0 saturated carbocycles. The molecule has 1 aliphatic rings. The van der Waals surface area contributed by atoms with Crippen LogP contribution >= 0.6 is 0 Å². The molecule has 0 N–H and O–H groups in total. The van der Waals surface area contributed by atoms with E-state index in [2.05, 4.69) is 207 Å². The van der Waals surface area contributed by atoms with E-state index in [0.29, 0.717) is 0 Å².